The van der Waals surface area contributed by atoms with E-state index in [1.54, 1.807) is 0 Å². The first kappa shape index (κ1) is 20.1. The second-order valence-electron chi connectivity index (χ2n) is 8.20. The Bertz CT molecular complexity index is 1090. The Balaban J connectivity index is 1.26. The number of fused-ring (bicyclic) bond motifs is 1. The van der Waals surface area contributed by atoms with Crippen molar-refractivity contribution in [2.45, 2.75) is 6.92 Å². The van der Waals surface area contributed by atoms with Gasteiger partial charge in [0.2, 0.25) is 5.95 Å². The van der Waals surface area contributed by atoms with E-state index in [0.717, 1.165) is 67.8 Å². The zero-order valence-corrected chi connectivity index (χ0v) is 18.7. The van der Waals surface area contributed by atoms with Crippen molar-refractivity contribution in [2.24, 2.45) is 0 Å². The third-order valence-electron chi connectivity index (χ3n) is 6.01. The normalized spacial score (nSPS) is 18.1. The van der Waals surface area contributed by atoms with E-state index in [9.17, 15) is 4.79 Å². The molecule has 0 radical (unpaired) electrons. The first-order valence-corrected chi connectivity index (χ1v) is 11.4. The zero-order chi connectivity index (χ0) is 21.4. The van der Waals surface area contributed by atoms with Crippen LogP contribution in [-0.2, 0) is 0 Å². The maximum atomic E-state index is 13.0. The summed E-state index contributed by atoms with van der Waals surface area (Å²) in [4.78, 5) is 31.3. The molecule has 31 heavy (non-hydrogen) atoms. The van der Waals surface area contributed by atoms with Crippen molar-refractivity contribution in [2.75, 3.05) is 69.2 Å². The van der Waals surface area contributed by atoms with E-state index < -0.39 is 0 Å². The highest BCUT2D eigenvalue weighted by Crippen LogP contribution is 2.21. The number of hydrogen-bond acceptors (Lipinski definition) is 9. The van der Waals surface area contributed by atoms with E-state index in [1.165, 1.54) is 11.7 Å². The lowest BCUT2D eigenvalue weighted by Crippen LogP contribution is -2.49. The summed E-state index contributed by atoms with van der Waals surface area (Å²) in [5.41, 5.74) is 3.25. The van der Waals surface area contributed by atoms with Crippen LogP contribution in [0.5, 0.6) is 0 Å². The van der Waals surface area contributed by atoms with Crippen LogP contribution in [0.2, 0.25) is 0 Å². The van der Waals surface area contributed by atoms with Crippen molar-refractivity contribution < 1.29 is 4.79 Å². The number of amides is 1. The van der Waals surface area contributed by atoms with E-state index in [-0.39, 0.29) is 5.91 Å². The lowest BCUT2D eigenvalue weighted by Gasteiger charge is -2.36. The molecule has 0 N–H and O–H groups in total. The molecule has 0 aliphatic carbocycles. The predicted molar refractivity (Wildman–Crippen MR) is 122 cm³/mol. The van der Waals surface area contributed by atoms with Crippen LogP contribution in [0.3, 0.4) is 0 Å². The highest BCUT2D eigenvalue weighted by molar-refractivity contribution is 7.00. The number of anilines is 2. The summed E-state index contributed by atoms with van der Waals surface area (Å²) in [5.74, 6) is 1.80. The van der Waals surface area contributed by atoms with Gasteiger partial charge >= 0.3 is 0 Å². The van der Waals surface area contributed by atoms with Gasteiger partial charge in [0.1, 0.15) is 16.9 Å². The minimum atomic E-state index is 0.0397. The highest BCUT2D eigenvalue weighted by Gasteiger charge is 2.25. The summed E-state index contributed by atoms with van der Waals surface area (Å²) >= 11 is 1.17. The molecule has 0 unspecified atom stereocenters. The number of carbonyl (C=O) groups is 1. The van der Waals surface area contributed by atoms with Gasteiger partial charge in [0.15, 0.2) is 0 Å². The van der Waals surface area contributed by atoms with Gasteiger partial charge in [0.05, 0.1) is 11.7 Å². The first-order valence-electron chi connectivity index (χ1n) is 10.6. The van der Waals surface area contributed by atoms with Crippen molar-refractivity contribution in [3.05, 3.63) is 35.5 Å². The Morgan fingerprint density at radius 1 is 0.871 bits per heavy atom. The number of carbonyl (C=O) groups excluding carboxylic acids is 1. The van der Waals surface area contributed by atoms with Gasteiger partial charge < -0.3 is 19.6 Å². The topological polar surface area (TPSA) is 81.6 Å². The molecule has 0 bridgehead atoms. The Kier molecular flexibility index (Phi) is 5.41. The Hall–Kier alpha value is -2.85. The molecular weight excluding hydrogens is 412 g/mol. The molecular formula is C21H26N8OS. The number of aryl methyl sites for hydroxylation is 1. The van der Waals surface area contributed by atoms with Crippen LogP contribution in [0, 0.1) is 6.92 Å². The summed E-state index contributed by atoms with van der Waals surface area (Å²) in [6.45, 7) is 8.80. The second kappa shape index (κ2) is 8.35. The smallest absolute Gasteiger partial charge is 0.254 e. The summed E-state index contributed by atoms with van der Waals surface area (Å²) in [6.07, 6.45) is 0. The molecule has 2 aliphatic rings. The molecule has 5 rings (SSSR count). The number of hydrogen-bond donors (Lipinski definition) is 0. The van der Waals surface area contributed by atoms with Crippen molar-refractivity contribution in [3.8, 4) is 0 Å². The van der Waals surface area contributed by atoms with Gasteiger partial charge in [-0.05, 0) is 32.2 Å². The van der Waals surface area contributed by atoms with Crippen LogP contribution < -0.4 is 9.80 Å². The van der Waals surface area contributed by atoms with Gasteiger partial charge in [-0.1, -0.05) is 0 Å². The molecule has 3 aromatic rings. The number of nitrogens with zero attached hydrogens (tertiary/aromatic N) is 8. The number of aromatic nitrogens is 4. The van der Waals surface area contributed by atoms with Gasteiger partial charge in [-0.3, -0.25) is 4.79 Å². The van der Waals surface area contributed by atoms with Crippen LogP contribution in [-0.4, -0.2) is 93.8 Å². The number of rotatable bonds is 3. The average molecular weight is 439 g/mol. The molecule has 2 aromatic heterocycles. The van der Waals surface area contributed by atoms with E-state index in [1.807, 2.05) is 30.0 Å². The van der Waals surface area contributed by atoms with Crippen molar-refractivity contribution in [3.63, 3.8) is 0 Å². The molecule has 1 aromatic carbocycles. The van der Waals surface area contributed by atoms with Gasteiger partial charge in [-0.15, -0.1) is 0 Å². The second-order valence-corrected chi connectivity index (χ2v) is 8.73. The Morgan fingerprint density at radius 2 is 1.58 bits per heavy atom. The quantitative estimate of drug-likeness (QED) is 0.609. The van der Waals surface area contributed by atoms with Crippen molar-refractivity contribution >= 4 is 40.4 Å². The van der Waals surface area contributed by atoms with E-state index in [0.29, 0.717) is 18.7 Å². The molecule has 2 aliphatic heterocycles. The Labute approximate surface area is 185 Å². The van der Waals surface area contributed by atoms with E-state index in [2.05, 4.69) is 41.5 Å². The molecule has 0 atom stereocenters. The lowest BCUT2D eigenvalue weighted by atomic mass is 10.1. The third-order valence-corrected chi connectivity index (χ3v) is 6.56. The summed E-state index contributed by atoms with van der Waals surface area (Å²) in [5, 5.41) is 0. The fourth-order valence-corrected chi connectivity index (χ4v) is 4.60. The minimum Gasteiger partial charge on any atom is -0.354 e. The molecule has 0 spiro atoms. The SMILES string of the molecule is Cc1cc(N2CCN(C)CC2)nc(N2CCN(C(=O)c3ccc4nsnc4c3)CC2)n1. The molecule has 2 fully saturated rings. The number of piperazine rings is 2. The maximum absolute atomic E-state index is 13.0. The maximum Gasteiger partial charge on any atom is 0.254 e. The van der Waals surface area contributed by atoms with Crippen LogP contribution >= 0.6 is 11.7 Å². The van der Waals surface area contributed by atoms with Crippen molar-refractivity contribution in [1.82, 2.24) is 28.5 Å². The third kappa shape index (κ3) is 4.17. The molecule has 1 amide bonds. The molecule has 162 valence electrons. The summed E-state index contributed by atoms with van der Waals surface area (Å²) < 4.78 is 8.45. The van der Waals surface area contributed by atoms with E-state index in [4.69, 9.17) is 4.98 Å². The molecule has 9 nitrogen and oxygen atoms in total. The minimum absolute atomic E-state index is 0.0397. The lowest BCUT2D eigenvalue weighted by molar-refractivity contribution is 0.0746. The largest absolute Gasteiger partial charge is 0.354 e. The molecule has 0 saturated carbocycles. The van der Waals surface area contributed by atoms with Gasteiger partial charge in [-0.25, -0.2) is 4.98 Å². The number of benzene rings is 1. The first-order chi connectivity index (χ1) is 15.1. The standard InChI is InChI=1S/C21H26N8OS/c1-15-13-19(27-7-5-26(2)6-8-27)23-21(22-15)29-11-9-28(10-12-29)20(30)16-3-4-17-18(14-16)25-31-24-17/h3-4,13-14H,5-12H2,1-2H3. The monoisotopic (exact) mass is 438 g/mol. The van der Waals surface area contributed by atoms with Crippen molar-refractivity contribution in [1.29, 1.82) is 0 Å². The fraction of sp³-hybridized carbons (Fsp3) is 0.476. The summed E-state index contributed by atoms with van der Waals surface area (Å²) in [7, 11) is 2.15. The average Bonchev–Trinajstić information content (AvgIpc) is 3.27. The van der Waals surface area contributed by atoms with Gasteiger partial charge in [-0.2, -0.15) is 13.7 Å². The Morgan fingerprint density at radius 3 is 2.35 bits per heavy atom. The summed E-state index contributed by atoms with van der Waals surface area (Å²) in [6, 6.07) is 7.60. The zero-order valence-electron chi connectivity index (χ0n) is 17.9. The van der Waals surface area contributed by atoms with E-state index >= 15 is 0 Å². The predicted octanol–water partition coefficient (Wildman–Crippen LogP) is 1.50. The number of likely N-dealkylation sites (N-methyl/N-ethyl adjacent to an activating group) is 1. The molecule has 10 heteroatoms. The molecule has 2 saturated heterocycles. The highest BCUT2D eigenvalue weighted by atomic mass is 32.1. The van der Waals surface area contributed by atoms with Crippen LogP contribution in [0.15, 0.2) is 24.3 Å². The van der Waals surface area contributed by atoms with Crippen LogP contribution in [0.4, 0.5) is 11.8 Å². The van der Waals surface area contributed by atoms with Crippen LogP contribution in [0.25, 0.3) is 11.0 Å². The van der Waals surface area contributed by atoms with Gasteiger partial charge in [0, 0.05) is 69.7 Å². The fourth-order valence-electron chi connectivity index (χ4n) is 4.08. The van der Waals surface area contributed by atoms with Crippen LogP contribution in [0.1, 0.15) is 16.1 Å². The molecule has 4 heterocycles. The van der Waals surface area contributed by atoms with Gasteiger partial charge in [0.25, 0.3) is 5.91 Å².